The molecule has 0 aromatic heterocycles. The number of nitrogens with zero attached hydrogens (tertiary/aromatic N) is 2. The van der Waals surface area contributed by atoms with E-state index in [0.29, 0.717) is 5.92 Å². The Morgan fingerprint density at radius 2 is 2.46 bits per heavy atom. The minimum atomic E-state index is 0.129. The van der Waals surface area contributed by atoms with Crippen LogP contribution in [-0.2, 0) is 4.79 Å². The van der Waals surface area contributed by atoms with E-state index < -0.39 is 0 Å². The van der Waals surface area contributed by atoms with Gasteiger partial charge in [0, 0.05) is 20.0 Å². The molecule has 1 fully saturated rings. The predicted octanol–water partition coefficient (Wildman–Crippen LogP) is 1.40. The van der Waals surface area contributed by atoms with E-state index in [2.05, 4.69) is 6.07 Å². The maximum absolute atomic E-state index is 11.0. The van der Waals surface area contributed by atoms with E-state index in [-0.39, 0.29) is 11.8 Å². The molecule has 3 nitrogen and oxygen atoms in total. The smallest absolute Gasteiger partial charge is 0.219 e. The molecule has 2 unspecified atom stereocenters. The molecular weight excluding hydrogens is 164 g/mol. The average Bonchev–Trinajstić information content (AvgIpc) is 2.56. The lowest BCUT2D eigenvalue weighted by molar-refractivity contribution is -0.127. The minimum absolute atomic E-state index is 0.129. The third-order valence-electron chi connectivity index (χ3n) is 2.84. The van der Waals surface area contributed by atoms with E-state index in [9.17, 15) is 4.79 Å². The van der Waals surface area contributed by atoms with Crippen molar-refractivity contribution in [3.63, 3.8) is 0 Å². The summed E-state index contributed by atoms with van der Waals surface area (Å²) in [7, 11) is 0. The maximum Gasteiger partial charge on any atom is 0.219 e. The molecule has 0 aromatic rings. The van der Waals surface area contributed by atoms with Gasteiger partial charge in [-0.3, -0.25) is 4.79 Å². The lowest BCUT2D eigenvalue weighted by Gasteiger charge is -2.16. The zero-order valence-corrected chi connectivity index (χ0v) is 8.29. The van der Waals surface area contributed by atoms with Crippen molar-refractivity contribution in [1.29, 1.82) is 5.26 Å². The van der Waals surface area contributed by atoms with Gasteiger partial charge in [-0.15, -0.1) is 0 Å². The molecule has 0 aliphatic carbocycles. The van der Waals surface area contributed by atoms with Gasteiger partial charge in [0.25, 0.3) is 0 Å². The molecule has 3 heteroatoms. The van der Waals surface area contributed by atoms with Crippen molar-refractivity contribution in [2.75, 3.05) is 13.1 Å². The van der Waals surface area contributed by atoms with Crippen LogP contribution in [0.15, 0.2) is 0 Å². The highest BCUT2D eigenvalue weighted by molar-refractivity contribution is 5.73. The first-order valence-corrected chi connectivity index (χ1v) is 4.84. The number of hydrogen-bond acceptors (Lipinski definition) is 2. The van der Waals surface area contributed by atoms with Gasteiger partial charge in [0.05, 0.1) is 12.0 Å². The molecule has 72 valence electrons. The van der Waals surface area contributed by atoms with Gasteiger partial charge in [-0.05, 0) is 18.8 Å². The highest BCUT2D eigenvalue weighted by Crippen LogP contribution is 2.25. The monoisotopic (exact) mass is 180 g/mol. The minimum Gasteiger partial charge on any atom is -0.343 e. The summed E-state index contributed by atoms with van der Waals surface area (Å²) >= 11 is 0. The summed E-state index contributed by atoms with van der Waals surface area (Å²) in [6, 6.07) is 2.32. The van der Waals surface area contributed by atoms with Crippen LogP contribution in [0.5, 0.6) is 0 Å². The fraction of sp³-hybridized carbons (Fsp3) is 0.800. The largest absolute Gasteiger partial charge is 0.343 e. The first-order chi connectivity index (χ1) is 6.19. The molecule has 0 saturated carbocycles. The summed E-state index contributed by atoms with van der Waals surface area (Å²) in [5.74, 6) is 0.665. The Morgan fingerprint density at radius 1 is 1.77 bits per heavy atom. The number of carbonyl (C=O) groups is 1. The van der Waals surface area contributed by atoms with Crippen molar-refractivity contribution in [1.82, 2.24) is 4.90 Å². The number of likely N-dealkylation sites (tertiary alicyclic amines) is 1. The first kappa shape index (κ1) is 10.0. The fourth-order valence-corrected chi connectivity index (χ4v) is 1.93. The summed E-state index contributed by atoms with van der Waals surface area (Å²) in [6.07, 6.45) is 1.89. The molecule has 13 heavy (non-hydrogen) atoms. The van der Waals surface area contributed by atoms with Crippen LogP contribution in [0.1, 0.15) is 26.7 Å². The molecule has 0 N–H and O–H groups in total. The molecule has 1 amide bonds. The second-order valence-electron chi connectivity index (χ2n) is 3.66. The zero-order chi connectivity index (χ0) is 9.84. The van der Waals surface area contributed by atoms with Crippen LogP contribution in [-0.4, -0.2) is 23.9 Å². The van der Waals surface area contributed by atoms with Gasteiger partial charge in [-0.25, -0.2) is 0 Å². The second-order valence-corrected chi connectivity index (χ2v) is 3.66. The predicted molar refractivity (Wildman–Crippen MR) is 49.8 cm³/mol. The summed E-state index contributed by atoms with van der Waals surface area (Å²) in [4.78, 5) is 12.9. The van der Waals surface area contributed by atoms with Crippen LogP contribution in [0.2, 0.25) is 0 Å². The molecule has 1 aliphatic heterocycles. The number of carbonyl (C=O) groups excluding carboxylic acids is 1. The van der Waals surface area contributed by atoms with E-state index in [1.54, 1.807) is 6.92 Å². The number of nitriles is 1. The van der Waals surface area contributed by atoms with Crippen LogP contribution in [0.25, 0.3) is 0 Å². The van der Waals surface area contributed by atoms with Crippen molar-refractivity contribution >= 4 is 5.91 Å². The second kappa shape index (κ2) is 4.27. The van der Waals surface area contributed by atoms with Crippen molar-refractivity contribution < 1.29 is 4.79 Å². The topological polar surface area (TPSA) is 44.1 Å². The van der Waals surface area contributed by atoms with E-state index in [1.165, 1.54) is 0 Å². The van der Waals surface area contributed by atoms with Gasteiger partial charge >= 0.3 is 0 Å². The molecule has 1 heterocycles. The van der Waals surface area contributed by atoms with Gasteiger partial charge < -0.3 is 4.90 Å². The molecule has 1 aliphatic rings. The molecule has 1 saturated heterocycles. The molecule has 1 rings (SSSR count). The Bertz CT molecular complexity index is 232. The van der Waals surface area contributed by atoms with Gasteiger partial charge in [-0.1, -0.05) is 6.92 Å². The first-order valence-electron chi connectivity index (χ1n) is 4.84. The highest BCUT2D eigenvalue weighted by Gasteiger charge is 2.29. The van der Waals surface area contributed by atoms with Crippen LogP contribution >= 0.6 is 0 Å². The quantitative estimate of drug-likeness (QED) is 0.644. The van der Waals surface area contributed by atoms with Crippen LogP contribution in [0.4, 0.5) is 0 Å². The maximum atomic E-state index is 11.0. The van der Waals surface area contributed by atoms with Crippen molar-refractivity contribution in [2.24, 2.45) is 11.8 Å². The normalized spacial score (nSPS) is 24.1. The van der Waals surface area contributed by atoms with Crippen molar-refractivity contribution in [3.05, 3.63) is 0 Å². The van der Waals surface area contributed by atoms with Crippen molar-refractivity contribution in [2.45, 2.75) is 26.7 Å². The number of amides is 1. The standard InChI is InChI=1S/C10H16N2O/c1-3-9(6-11)10-4-5-12(7-10)8(2)13/h9-10H,3-5,7H2,1-2H3. The lowest BCUT2D eigenvalue weighted by Crippen LogP contribution is -2.27. The SMILES string of the molecule is CCC(C#N)C1CCN(C(C)=O)C1. The van der Waals surface area contributed by atoms with Gasteiger partial charge in [0.2, 0.25) is 5.91 Å². The molecule has 2 atom stereocenters. The Kier molecular flexibility index (Phi) is 3.30. The molecule has 0 radical (unpaired) electrons. The third kappa shape index (κ3) is 2.21. The number of rotatable bonds is 2. The molecule has 0 spiro atoms. The Balaban J connectivity index is 2.49. The zero-order valence-electron chi connectivity index (χ0n) is 8.29. The Morgan fingerprint density at radius 3 is 2.85 bits per heavy atom. The van der Waals surface area contributed by atoms with E-state index in [1.807, 2.05) is 11.8 Å². The van der Waals surface area contributed by atoms with E-state index >= 15 is 0 Å². The summed E-state index contributed by atoms with van der Waals surface area (Å²) < 4.78 is 0. The fourth-order valence-electron chi connectivity index (χ4n) is 1.93. The van der Waals surface area contributed by atoms with Gasteiger partial charge in [0.1, 0.15) is 0 Å². The van der Waals surface area contributed by atoms with Gasteiger partial charge in [-0.2, -0.15) is 5.26 Å². The van der Waals surface area contributed by atoms with E-state index in [4.69, 9.17) is 5.26 Å². The van der Waals surface area contributed by atoms with Crippen LogP contribution in [0.3, 0.4) is 0 Å². The third-order valence-corrected chi connectivity index (χ3v) is 2.84. The summed E-state index contributed by atoms with van der Waals surface area (Å²) in [5, 5.41) is 8.86. The van der Waals surface area contributed by atoms with Crippen LogP contribution < -0.4 is 0 Å². The van der Waals surface area contributed by atoms with E-state index in [0.717, 1.165) is 25.9 Å². The van der Waals surface area contributed by atoms with Crippen LogP contribution in [0, 0.1) is 23.2 Å². The highest BCUT2D eigenvalue weighted by atomic mass is 16.2. The van der Waals surface area contributed by atoms with Crippen molar-refractivity contribution in [3.8, 4) is 6.07 Å². The lowest BCUT2D eigenvalue weighted by atomic mass is 9.91. The average molecular weight is 180 g/mol. The summed E-state index contributed by atoms with van der Waals surface area (Å²) in [6.45, 7) is 5.24. The molecular formula is C10H16N2O. The Labute approximate surface area is 79.3 Å². The van der Waals surface area contributed by atoms with Gasteiger partial charge in [0.15, 0.2) is 0 Å². The summed E-state index contributed by atoms with van der Waals surface area (Å²) in [5.41, 5.74) is 0. The Hall–Kier alpha value is -1.04. The number of hydrogen-bond donors (Lipinski definition) is 0. The molecule has 0 aromatic carbocycles. The molecule has 0 bridgehead atoms.